The van der Waals surface area contributed by atoms with Crippen molar-refractivity contribution < 1.29 is 9.53 Å². The molecule has 5 heteroatoms. The molecule has 1 aliphatic rings. The van der Waals surface area contributed by atoms with E-state index in [1.165, 1.54) is 0 Å². The number of nitrogens with two attached hydrogens (primary N) is 1. The summed E-state index contributed by atoms with van der Waals surface area (Å²) < 4.78 is 4.93. The molecule has 86 valence electrons. The van der Waals surface area contributed by atoms with Crippen LogP contribution < -0.4 is 5.73 Å². The summed E-state index contributed by atoms with van der Waals surface area (Å²) in [6.45, 7) is 3.77. The number of rotatable bonds is 3. The summed E-state index contributed by atoms with van der Waals surface area (Å²) in [5.74, 6) is 0.535. The van der Waals surface area contributed by atoms with Crippen molar-refractivity contribution in [1.29, 1.82) is 0 Å². The van der Waals surface area contributed by atoms with Gasteiger partial charge in [-0.1, -0.05) is 12.2 Å². The monoisotopic (exact) mass is 230 g/mol. The van der Waals surface area contributed by atoms with Gasteiger partial charge < -0.3 is 15.4 Å². The number of amides is 1. The Bertz CT molecular complexity index is 238. The molecule has 0 bridgehead atoms. The van der Waals surface area contributed by atoms with Gasteiger partial charge in [0.15, 0.2) is 0 Å². The Balaban J connectivity index is 2.29. The maximum absolute atomic E-state index is 11.4. The molecule has 0 unspecified atom stereocenters. The third-order valence-electron chi connectivity index (χ3n) is 2.63. The van der Waals surface area contributed by atoms with E-state index in [0.717, 1.165) is 32.4 Å². The predicted octanol–water partition coefficient (Wildman–Crippen LogP) is 1.53. The zero-order valence-electron chi connectivity index (χ0n) is 9.07. The van der Waals surface area contributed by atoms with Crippen molar-refractivity contribution in [3.05, 3.63) is 0 Å². The van der Waals surface area contributed by atoms with E-state index >= 15 is 0 Å². The SMILES string of the molecule is CCOC(=O)N1CCC(CC(N)=S)CC1. The van der Waals surface area contributed by atoms with Crippen LogP contribution in [0.2, 0.25) is 0 Å². The summed E-state index contributed by atoms with van der Waals surface area (Å²) >= 11 is 4.87. The third kappa shape index (κ3) is 4.03. The highest BCUT2D eigenvalue weighted by atomic mass is 32.1. The highest BCUT2D eigenvalue weighted by Gasteiger charge is 2.23. The molecule has 1 rings (SSSR count). The molecule has 0 aromatic heterocycles. The number of carbonyl (C=O) groups is 1. The lowest BCUT2D eigenvalue weighted by atomic mass is 9.94. The molecule has 0 radical (unpaired) electrons. The average molecular weight is 230 g/mol. The molecule has 1 fully saturated rings. The number of ether oxygens (including phenoxy) is 1. The molecule has 0 saturated carbocycles. The average Bonchev–Trinajstić information content (AvgIpc) is 2.18. The first-order valence-corrected chi connectivity index (χ1v) is 5.74. The molecule has 15 heavy (non-hydrogen) atoms. The maximum Gasteiger partial charge on any atom is 0.409 e. The van der Waals surface area contributed by atoms with Crippen LogP contribution in [0.4, 0.5) is 4.79 Å². The van der Waals surface area contributed by atoms with E-state index in [9.17, 15) is 4.79 Å². The Labute approximate surface area is 95.8 Å². The van der Waals surface area contributed by atoms with Crippen molar-refractivity contribution in [3.8, 4) is 0 Å². The van der Waals surface area contributed by atoms with Crippen molar-refractivity contribution in [2.75, 3.05) is 19.7 Å². The fraction of sp³-hybridized carbons (Fsp3) is 0.800. The van der Waals surface area contributed by atoms with Gasteiger partial charge in [0.1, 0.15) is 0 Å². The molecular formula is C10H18N2O2S. The van der Waals surface area contributed by atoms with Gasteiger partial charge in [-0.15, -0.1) is 0 Å². The number of likely N-dealkylation sites (tertiary alicyclic amines) is 1. The molecule has 1 saturated heterocycles. The quantitative estimate of drug-likeness (QED) is 0.747. The zero-order valence-corrected chi connectivity index (χ0v) is 9.89. The van der Waals surface area contributed by atoms with Crippen molar-refractivity contribution in [2.24, 2.45) is 11.7 Å². The lowest BCUT2D eigenvalue weighted by Gasteiger charge is -2.30. The van der Waals surface area contributed by atoms with Crippen LogP contribution in [0.25, 0.3) is 0 Å². The Hall–Kier alpha value is -0.840. The van der Waals surface area contributed by atoms with Gasteiger partial charge in [-0.2, -0.15) is 0 Å². The minimum absolute atomic E-state index is 0.203. The number of thiocarbonyl (C=S) groups is 1. The number of hydrogen-bond acceptors (Lipinski definition) is 3. The molecule has 0 spiro atoms. The molecule has 0 atom stereocenters. The second-order valence-electron chi connectivity index (χ2n) is 3.80. The molecule has 1 amide bonds. The van der Waals surface area contributed by atoms with Crippen molar-refractivity contribution in [1.82, 2.24) is 4.90 Å². The van der Waals surface area contributed by atoms with Crippen LogP contribution in [-0.4, -0.2) is 35.7 Å². The van der Waals surface area contributed by atoms with Crippen LogP contribution in [0.3, 0.4) is 0 Å². The fourth-order valence-corrected chi connectivity index (χ4v) is 2.05. The number of hydrogen-bond donors (Lipinski definition) is 1. The predicted molar refractivity (Wildman–Crippen MR) is 62.7 cm³/mol. The number of nitrogens with zero attached hydrogens (tertiary/aromatic N) is 1. The minimum atomic E-state index is -0.203. The first kappa shape index (κ1) is 12.2. The smallest absolute Gasteiger partial charge is 0.409 e. The van der Waals surface area contributed by atoms with E-state index in [0.29, 0.717) is 17.5 Å². The third-order valence-corrected chi connectivity index (χ3v) is 2.80. The van der Waals surface area contributed by atoms with Crippen molar-refractivity contribution in [3.63, 3.8) is 0 Å². The molecule has 1 aliphatic heterocycles. The second kappa shape index (κ2) is 5.90. The van der Waals surface area contributed by atoms with E-state index in [-0.39, 0.29) is 6.09 Å². The summed E-state index contributed by atoms with van der Waals surface area (Å²) in [7, 11) is 0. The molecular weight excluding hydrogens is 212 g/mol. The first-order chi connectivity index (χ1) is 7.13. The molecule has 0 aromatic rings. The van der Waals surface area contributed by atoms with E-state index in [1.807, 2.05) is 6.92 Å². The van der Waals surface area contributed by atoms with Gasteiger partial charge in [-0.05, 0) is 25.7 Å². The Morgan fingerprint density at radius 1 is 1.53 bits per heavy atom. The van der Waals surface area contributed by atoms with Crippen molar-refractivity contribution in [2.45, 2.75) is 26.2 Å². The molecule has 0 aromatic carbocycles. The van der Waals surface area contributed by atoms with E-state index in [2.05, 4.69) is 0 Å². The Morgan fingerprint density at radius 2 is 2.13 bits per heavy atom. The summed E-state index contributed by atoms with van der Waals surface area (Å²) in [6, 6.07) is 0. The molecule has 4 nitrogen and oxygen atoms in total. The second-order valence-corrected chi connectivity index (χ2v) is 4.32. The van der Waals surface area contributed by atoms with E-state index in [1.54, 1.807) is 4.90 Å². The first-order valence-electron chi connectivity index (χ1n) is 5.33. The Morgan fingerprint density at radius 3 is 2.60 bits per heavy atom. The standard InChI is InChI=1S/C10H18N2O2S/c1-2-14-10(13)12-5-3-8(4-6-12)7-9(11)15/h8H,2-7H2,1H3,(H2,11,15). The molecule has 2 N–H and O–H groups in total. The maximum atomic E-state index is 11.4. The van der Waals surface area contributed by atoms with Gasteiger partial charge in [0.05, 0.1) is 11.6 Å². The summed E-state index contributed by atoms with van der Waals surface area (Å²) in [4.78, 5) is 13.7. The summed E-state index contributed by atoms with van der Waals surface area (Å²) in [6.07, 6.45) is 2.53. The highest BCUT2D eigenvalue weighted by Crippen LogP contribution is 2.20. The fourth-order valence-electron chi connectivity index (χ4n) is 1.82. The topological polar surface area (TPSA) is 55.6 Å². The summed E-state index contributed by atoms with van der Waals surface area (Å²) in [5, 5.41) is 0. The van der Waals surface area contributed by atoms with Gasteiger partial charge in [0.2, 0.25) is 0 Å². The van der Waals surface area contributed by atoms with Crippen LogP contribution in [0, 0.1) is 5.92 Å². The van der Waals surface area contributed by atoms with E-state index < -0.39 is 0 Å². The van der Waals surface area contributed by atoms with E-state index in [4.69, 9.17) is 22.7 Å². The molecule has 1 heterocycles. The van der Waals surface area contributed by atoms with Gasteiger partial charge >= 0.3 is 6.09 Å². The normalized spacial score (nSPS) is 17.5. The van der Waals surface area contributed by atoms with Crippen LogP contribution >= 0.6 is 12.2 Å². The number of piperidine rings is 1. The lowest BCUT2D eigenvalue weighted by Crippen LogP contribution is -2.39. The van der Waals surface area contributed by atoms with Gasteiger partial charge in [-0.25, -0.2) is 4.79 Å². The minimum Gasteiger partial charge on any atom is -0.450 e. The zero-order chi connectivity index (χ0) is 11.3. The highest BCUT2D eigenvalue weighted by molar-refractivity contribution is 7.80. The van der Waals surface area contributed by atoms with Crippen LogP contribution in [0.1, 0.15) is 26.2 Å². The Kier molecular flexibility index (Phi) is 4.81. The van der Waals surface area contributed by atoms with Gasteiger partial charge in [-0.3, -0.25) is 0 Å². The number of carbonyl (C=O) groups excluding carboxylic acids is 1. The van der Waals surface area contributed by atoms with Gasteiger partial charge in [0.25, 0.3) is 0 Å². The summed E-state index contributed by atoms with van der Waals surface area (Å²) in [5.41, 5.74) is 5.49. The molecule has 0 aliphatic carbocycles. The van der Waals surface area contributed by atoms with Crippen LogP contribution in [-0.2, 0) is 4.74 Å². The van der Waals surface area contributed by atoms with Crippen molar-refractivity contribution >= 4 is 23.3 Å². The van der Waals surface area contributed by atoms with Crippen LogP contribution in [0.5, 0.6) is 0 Å². The largest absolute Gasteiger partial charge is 0.450 e. The lowest BCUT2D eigenvalue weighted by molar-refractivity contribution is 0.0925. The van der Waals surface area contributed by atoms with Crippen LogP contribution in [0.15, 0.2) is 0 Å². The van der Waals surface area contributed by atoms with Gasteiger partial charge in [0, 0.05) is 19.5 Å².